The number of carbonyl (C=O) groups excluding carboxylic acids is 2. The van der Waals surface area contributed by atoms with Gasteiger partial charge >= 0.3 is 0 Å². The van der Waals surface area contributed by atoms with Gasteiger partial charge in [-0.25, -0.2) is 0 Å². The number of amides is 2. The van der Waals surface area contributed by atoms with Crippen molar-refractivity contribution in [3.05, 3.63) is 23.8 Å². The Hall–Kier alpha value is -1.55. The second kappa shape index (κ2) is 4.53. The van der Waals surface area contributed by atoms with E-state index in [4.69, 9.17) is 11.6 Å². The molecular formula is C11H11ClN2O2. The van der Waals surface area contributed by atoms with Crippen molar-refractivity contribution in [1.29, 1.82) is 0 Å². The van der Waals surface area contributed by atoms with Gasteiger partial charge < -0.3 is 10.6 Å². The summed E-state index contributed by atoms with van der Waals surface area (Å²) in [7, 11) is 0. The van der Waals surface area contributed by atoms with Crippen LogP contribution in [0.3, 0.4) is 0 Å². The molecule has 2 N–H and O–H groups in total. The third-order valence-corrected chi connectivity index (χ3v) is 2.65. The average Bonchev–Trinajstić information content (AvgIpc) is 2.28. The number of aryl methyl sites for hydroxylation is 1. The Bertz CT molecular complexity index is 446. The molecule has 0 bridgehead atoms. The largest absolute Gasteiger partial charge is 0.326 e. The fourth-order valence-electron chi connectivity index (χ4n) is 1.64. The van der Waals surface area contributed by atoms with Crippen LogP contribution in [0.25, 0.3) is 0 Å². The minimum Gasteiger partial charge on any atom is -0.326 e. The maximum atomic E-state index is 11.2. The number of anilines is 2. The van der Waals surface area contributed by atoms with E-state index in [2.05, 4.69) is 10.6 Å². The molecule has 0 aliphatic carbocycles. The van der Waals surface area contributed by atoms with Crippen LogP contribution in [0, 0.1) is 0 Å². The van der Waals surface area contributed by atoms with Crippen LogP contribution in [0.1, 0.15) is 12.0 Å². The highest BCUT2D eigenvalue weighted by molar-refractivity contribution is 6.29. The summed E-state index contributed by atoms with van der Waals surface area (Å²) < 4.78 is 0. The van der Waals surface area contributed by atoms with E-state index in [9.17, 15) is 9.59 Å². The van der Waals surface area contributed by atoms with Crippen LogP contribution in [-0.4, -0.2) is 17.7 Å². The molecule has 2 rings (SSSR count). The number of rotatable bonds is 2. The first-order valence-corrected chi connectivity index (χ1v) is 5.51. The van der Waals surface area contributed by atoms with Crippen molar-refractivity contribution in [2.24, 2.45) is 0 Å². The maximum Gasteiger partial charge on any atom is 0.239 e. The number of nitrogens with one attached hydrogen (secondary N) is 2. The molecule has 0 saturated heterocycles. The highest BCUT2D eigenvalue weighted by atomic mass is 35.5. The molecule has 1 aliphatic heterocycles. The molecule has 16 heavy (non-hydrogen) atoms. The van der Waals surface area contributed by atoms with E-state index in [1.807, 2.05) is 6.07 Å². The van der Waals surface area contributed by atoms with Crippen LogP contribution >= 0.6 is 11.6 Å². The number of hydrogen-bond acceptors (Lipinski definition) is 2. The quantitative estimate of drug-likeness (QED) is 0.772. The van der Waals surface area contributed by atoms with E-state index in [-0.39, 0.29) is 17.7 Å². The highest BCUT2D eigenvalue weighted by Crippen LogP contribution is 2.25. The Morgan fingerprint density at radius 1 is 1.44 bits per heavy atom. The number of carbonyl (C=O) groups is 2. The predicted octanol–water partition coefficient (Wildman–Crippen LogP) is 1.75. The standard InChI is InChI=1S/C11H11ClN2O2/c12-6-11(16)13-8-3-1-7-2-4-10(15)14-9(7)5-8/h1,3,5H,2,4,6H2,(H,13,16)(H,14,15). The van der Waals surface area contributed by atoms with E-state index < -0.39 is 0 Å². The number of halogens is 1. The normalized spacial score (nSPS) is 13.9. The van der Waals surface area contributed by atoms with E-state index in [1.54, 1.807) is 12.1 Å². The van der Waals surface area contributed by atoms with Gasteiger partial charge in [0.15, 0.2) is 0 Å². The molecule has 1 heterocycles. The molecule has 0 aromatic heterocycles. The number of hydrogen-bond donors (Lipinski definition) is 2. The summed E-state index contributed by atoms with van der Waals surface area (Å²) in [5.41, 5.74) is 2.50. The zero-order valence-electron chi connectivity index (χ0n) is 8.55. The molecule has 0 fully saturated rings. The first kappa shape index (κ1) is 11.0. The van der Waals surface area contributed by atoms with E-state index >= 15 is 0 Å². The summed E-state index contributed by atoms with van der Waals surface area (Å²) in [6.07, 6.45) is 1.26. The van der Waals surface area contributed by atoms with Gasteiger partial charge in [0, 0.05) is 17.8 Å². The van der Waals surface area contributed by atoms with Crippen molar-refractivity contribution < 1.29 is 9.59 Å². The molecule has 1 aliphatic rings. The summed E-state index contributed by atoms with van der Waals surface area (Å²) in [6, 6.07) is 5.45. The highest BCUT2D eigenvalue weighted by Gasteiger charge is 2.14. The molecule has 0 radical (unpaired) electrons. The third-order valence-electron chi connectivity index (χ3n) is 2.41. The first-order chi connectivity index (χ1) is 7.69. The van der Waals surface area contributed by atoms with Crippen LogP contribution in [0.4, 0.5) is 11.4 Å². The van der Waals surface area contributed by atoms with E-state index in [0.717, 1.165) is 17.7 Å². The number of alkyl halides is 1. The van der Waals surface area contributed by atoms with Gasteiger partial charge in [0.25, 0.3) is 0 Å². The summed E-state index contributed by atoms with van der Waals surface area (Å²) in [5, 5.41) is 5.40. The van der Waals surface area contributed by atoms with Crippen LogP contribution in [0.2, 0.25) is 0 Å². The summed E-state index contributed by atoms with van der Waals surface area (Å²) in [5.74, 6) is -0.333. The fraction of sp³-hybridized carbons (Fsp3) is 0.273. The van der Waals surface area contributed by atoms with Gasteiger partial charge in [-0.2, -0.15) is 0 Å². The van der Waals surface area contributed by atoms with E-state index in [0.29, 0.717) is 12.1 Å². The van der Waals surface area contributed by atoms with Gasteiger partial charge in [-0.05, 0) is 24.1 Å². The predicted molar refractivity (Wildman–Crippen MR) is 62.7 cm³/mol. The van der Waals surface area contributed by atoms with Crippen LogP contribution in [0.15, 0.2) is 18.2 Å². The SMILES string of the molecule is O=C(CCl)Nc1ccc2c(c1)NC(=O)CC2. The third kappa shape index (κ3) is 2.33. The molecule has 1 aromatic carbocycles. The Kier molecular flexibility index (Phi) is 3.10. The van der Waals surface area contributed by atoms with Gasteiger partial charge in [0.1, 0.15) is 5.88 Å². The second-order valence-corrected chi connectivity index (χ2v) is 3.87. The van der Waals surface area contributed by atoms with Crippen molar-refractivity contribution in [3.63, 3.8) is 0 Å². The van der Waals surface area contributed by atoms with Crippen LogP contribution < -0.4 is 10.6 Å². The number of benzene rings is 1. The van der Waals surface area contributed by atoms with Gasteiger partial charge in [-0.15, -0.1) is 11.6 Å². The molecule has 4 nitrogen and oxygen atoms in total. The topological polar surface area (TPSA) is 58.2 Å². The van der Waals surface area contributed by atoms with Crippen molar-refractivity contribution in [2.45, 2.75) is 12.8 Å². The first-order valence-electron chi connectivity index (χ1n) is 4.97. The lowest BCUT2D eigenvalue weighted by Crippen LogP contribution is -2.19. The molecule has 0 unspecified atom stereocenters. The smallest absolute Gasteiger partial charge is 0.239 e. The van der Waals surface area contributed by atoms with Gasteiger partial charge in [0.2, 0.25) is 11.8 Å². The Morgan fingerprint density at radius 3 is 3.00 bits per heavy atom. The summed E-state index contributed by atoms with van der Waals surface area (Å²) >= 11 is 5.39. The lowest BCUT2D eigenvalue weighted by molar-refractivity contribution is -0.116. The van der Waals surface area contributed by atoms with Crippen LogP contribution in [0.5, 0.6) is 0 Å². The number of fused-ring (bicyclic) bond motifs is 1. The van der Waals surface area contributed by atoms with Crippen molar-refractivity contribution >= 4 is 34.8 Å². The minimum atomic E-state index is -0.260. The second-order valence-electron chi connectivity index (χ2n) is 3.60. The lowest BCUT2D eigenvalue weighted by Gasteiger charge is -2.17. The van der Waals surface area contributed by atoms with Gasteiger partial charge in [-0.1, -0.05) is 6.07 Å². The Morgan fingerprint density at radius 2 is 2.25 bits per heavy atom. The van der Waals surface area contributed by atoms with Gasteiger partial charge in [-0.3, -0.25) is 9.59 Å². The molecule has 2 amide bonds. The van der Waals surface area contributed by atoms with Gasteiger partial charge in [0.05, 0.1) is 0 Å². The zero-order valence-corrected chi connectivity index (χ0v) is 9.30. The molecule has 0 atom stereocenters. The summed E-state index contributed by atoms with van der Waals surface area (Å²) in [4.78, 5) is 22.3. The summed E-state index contributed by atoms with van der Waals surface area (Å²) in [6.45, 7) is 0. The van der Waals surface area contributed by atoms with Crippen molar-refractivity contribution in [2.75, 3.05) is 16.5 Å². The molecule has 1 aromatic rings. The zero-order chi connectivity index (χ0) is 11.5. The fourth-order valence-corrected chi connectivity index (χ4v) is 1.71. The molecule has 84 valence electrons. The Balaban J connectivity index is 2.21. The monoisotopic (exact) mass is 238 g/mol. The van der Waals surface area contributed by atoms with Crippen molar-refractivity contribution in [1.82, 2.24) is 0 Å². The minimum absolute atomic E-state index is 0.00770. The molecule has 5 heteroatoms. The molecule has 0 spiro atoms. The lowest BCUT2D eigenvalue weighted by atomic mass is 10.0. The Labute approximate surface area is 98.0 Å². The van der Waals surface area contributed by atoms with Crippen LogP contribution in [-0.2, 0) is 16.0 Å². The molecular weight excluding hydrogens is 228 g/mol. The maximum absolute atomic E-state index is 11.2. The van der Waals surface area contributed by atoms with Crippen molar-refractivity contribution in [3.8, 4) is 0 Å². The van der Waals surface area contributed by atoms with E-state index in [1.165, 1.54) is 0 Å². The molecule has 0 saturated carbocycles. The average molecular weight is 239 g/mol.